The average Bonchev–Trinajstić information content (AvgIpc) is 2.40. The minimum absolute atomic E-state index is 0.128. The molecule has 21 heavy (non-hydrogen) atoms. The molecule has 2 aromatic rings. The Labute approximate surface area is 140 Å². The maximum absolute atomic E-state index is 13.0. The predicted octanol–water partition coefficient (Wildman–Crippen LogP) is 4.63. The van der Waals surface area contributed by atoms with Gasteiger partial charge in [-0.2, -0.15) is 0 Å². The van der Waals surface area contributed by atoms with E-state index in [2.05, 4.69) is 37.2 Å². The Bertz CT molecular complexity index is 653. The Hall–Kier alpha value is -1.20. The number of benzene rings is 2. The molecule has 0 aliphatic heterocycles. The van der Waals surface area contributed by atoms with Crippen LogP contribution in [0.5, 0.6) is 0 Å². The number of hydrogen-bond acceptors (Lipinski definition) is 1. The lowest BCUT2D eigenvalue weighted by Crippen LogP contribution is -2.25. The van der Waals surface area contributed by atoms with Crippen LogP contribution >= 0.6 is 31.9 Å². The van der Waals surface area contributed by atoms with Gasteiger partial charge in [0.25, 0.3) is 5.91 Å². The second-order valence-corrected chi connectivity index (χ2v) is 6.57. The van der Waals surface area contributed by atoms with Crippen LogP contribution < -0.4 is 5.32 Å². The molecule has 0 atom stereocenters. The summed E-state index contributed by atoms with van der Waals surface area (Å²) in [4.78, 5) is 12.1. The molecule has 2 rings (SSSR count). The van der Waals surface area contributed by atoms with E-state index in [0.29, 0.717) is 18.5 Å². The molecule has 1 amide bonds. The van der Waals surface area contributed by atoms with Gasteiger partial charge in [-0.05, 0) is 54.8 Å². The normalized spacial score (nSPS) is 10.5. The largest absolute Gasteiger partial charge is 0.352 e. The van der Waals surface area contributed by atoms with Crippen LogP contribution in [0.25, 0.3) is 0 Å². The number of hydrogen-bond donors (Lipinski definition) is 1. The quantitative estimate of drug-likeness (QED) is 0.776. The Morgan fingerprint density at radius 3 is 2.43 bits per heavy atom. The van der Waals surface area contributed by atoms with Gasteiger partial charge in [0.1, 0.15) is 5.82 Å². The fourth-order valence-electron chi connectivity index (χ4n) is 2.04. The van der Waals surface area contributed by atoms with Crippen molar-refractivity contribution in [2.45, 2.75) is 13.3 Å². The molecule has 0 radical (unpaired) electrons. The van der Waals surface area contributed by atoms with E-state index in [9.17, 15) is 9.18 Å². The van der Waals surface area contributed by atoms with Crippen molar-refractivity contribution < 1.29 is 9.18 Å². The lowest BCUT2D eigenvalue weighted by molar-refractivity contribution is 0.0954. The molecule has 0 spiro atoms. The first-order valence-corrected chi connectivity index (χ1v) is 8.03. The molecule has 2 aromatic carbocycles. The molecule has 110 valence electrons. The molecule has 0 bridgehead atoms. The van der Waals surface area contributed by atoms with Crippen molar-refractivity contribution in [1.29, 1.82) is 0 Å². The van der Waals surface area contributed by atoms with Crippen LogP contribution in [0, 0.1) is 12.7 Å². The fourth-order valence-corrected chi connectivity index (χ4v) is 3.33. The molecule has 0 fully saturated rings. The SMILES string of the molecule is Cc1cc(F)ccc1CCNC(=O)c1cc(Br)cc(Br)c1. The van der Waals surface area contributed by atoms with E-state index in [0.717, 1.165) is 20.1 Å². The molecule has 2 nitrogen and oxygen atoms in total. The summed E-state index contributed by atoms with van der Waals surface area (Å²) in [6, 6.07) is 10.1. The van der Waals surface area contributed by atoms with Crippen LogP contribution in [0.4, 0.5) is 4.39 Å². The third-order valence-electron chi connectivity index (χ3n) is 3.11. The van der Waals surface area contributed by atoms with Crippen LogP contribution in [0.15, 0.2) is 45.3 Å². The number of halogens is 3. The zero-order chi connectivity index (χ0) is 15.4. The van der Waals surface area contributed by atoms with E-state index in [1.165, 1.54) is 12.1 Å². The summed E-state index contributed by atoms with van der Waals surface area (Å²) < 4.78 is 14.7. The zero-order valence-corrected chi connectivity index (χ0v) is 14.6. The minimum atomic E-state index is -0.237. The predicted molar refractivity (Wildman–Crippen MR) is 89.0 cm³/mol. The first-order valence-electron chi connectivity index (χ1n) is 6.45. The van der Waals surface area contributed by atoms with Gasteiger partial charge < -0.3 is 5.32 Å². The molecule has 1 N–H and O–H groups in total. The number of nitrogens with one attached hydrogen (secondary N) is 1. The van der Waals surface area contributed by atoms with Crippen molar-refractivity contribution in [3.8, 4) is 0 Å². The van der Waals surface area contributed by atoms with Gasteiger partial charge in [-0.25, -0.2) is 4.39 Å². The molecule has 0 aliphatic rings. The Morgan fingerprint density at radius 1 is 1.14 bits per heavy atom. The maximum Gasteiger partial charge on any atom is 0.251 e. The topological polar surface area (TPSA) is 29.1 Å². The fraction of sp³-hybridized carbons (Fsp3) is 0.188. The lowest BCUT2D eigenvalue weighted by Gasteiger charge is -2.08. The van der Waals surface area contributed by atoms with Crippen molar-refractivity contribution >= 4 is 37.8 Å². The Morgan fingerprint density at radius 2 is 1.81 bits per heavy atom. The summed E-state index contributed by atoms with van der Waals surface area (Å²) in [7, 11) is 0. The van der Waals surface area contributed by atoms with E-state index >= 15 is 0 Å². The summed E-state index contributed by atoms with van der Waals surface area (Å²) in [5, 5.41) is 2.87. The molecular formula is C16H14Br2FNO. The molecule has 0 aromatic heterocycles. The highest BCUT2D eigenvalue weighted by molar-refractivity contribution is 9.11. The summed E-state index contributed by atoms with van der Waals surface area (Å²) >= 11 is 6.71. The van der Waals surface area contributed by atoms with Gasteiger partial charge in [-0.1, -0.05) is 37.9 Å². The molecular weight excluding hydrogens is 401 g/mol. The lowest BCUT2D eigenvalue weighted by atomic mass is 10.1. The summed E-state index contributed by atoms with van der Waals surface area (Å²) in [6.45, 7) is 2.38. The molecule has 0 saturated heterocycles. The first kappa shape index (κ1) is 16.2. The second-order valence-electron chi connectivity index (χ2n) is 4.73. The monoisotopic (exact) mass is 413 g/mol. The van der Waals surface area contributed by atoms with Gasteiger partial charge in [0.05, 0.1) is 0 Å². The number of carbonyl (C=O) groups is 1. The van der Waals surface area contributed by atoms with Crippen molar-refractivity contribution in [2.75, 3.05) is 6.54 Å². The van der Waals surface area contributed by atoms with Gasteiger partial charge in [0.15, 0.2) is 0 Å². The Balaban J connectivity index is 1.95. The van der Waals surface area contributed by atoms with E-state index in [1.807, 2.05) is 13.0 Å². The third kappa shape index (κ3) is 4.64. The second kappa shape index (κ2) is 7.18. The van der Waals surface area contributed by atoms with Gasteiger partial charge in [-0.3, -0.25) is 4.79 Å². The van der Waals surface area contributed by atoms with Crippen molar-refractivity contribution in [3.63, 3.8) is 0 Å². The van der Waals surface area contributed by atoms with Gasteiger partial charge in [0.2, 0.25) is 0 Å². The highest BCUT2D eigenvalue weighted by Crippen LogP contribution is 2.20. The minimum Gasteiger partial charge on any atom is -0.352 e. The zero-order valence-electron chi connectivity index (χ0n) is 11.4. The highest BCUT2D eigenvalue weighted by Gasteiger charge is 2.07. The molecule has 0 saturated carbocycles. The van der Waals surface area contributed by atoms with Crippen LogP contribution in [0.1, 0.15) is 21.5 Å². The van der Waals surface area contributed by atoms with Crippen molar-refractivity contribution in [3.05, 3.63) is 67.9 Å². The number of rotatable bonds is 4. The van der Waals surface area contributed by atoms with Crippen LogP contribution in [0.2, 0.25) is 0 Å². The standard InChI is InChI=1S/C16H14Br2FNO/c1-10-6-15(19)3-2-11(10)4-5-20-16(21)12-7-13(17)9-14(18)8-12/h2-3,6-9H,4-5H2,1H3,(H,20,21). The molecule has 0 aliphatic carbocycles. The van der Waals surface area contributed by atoms with Gasteiger partial charge >= 0.3 is 0 Å². The maximum atomic E-state index is 13.0. The van der Waals surface area contributed by atoms with E-state index < -0.39 is 0 Å². The van der Waals surface area contributed by atoms with E-state index in [4.69, 9.17) is 0 Å². The number of aryl methyl sites for hydroxylation is 1. The van der Waals surface area contributed by atoms with Crippen molar-refractivity contribution in [2.24, 2.45) is 0 Å². The van der Waals surface area contributed by atoms with Crippen LogP contribution in [-0.4, -0.2) is 12.5 Å². The van der Waals surface area contributed by atoms with E-state index in [-0.39, 0.29) is 11.7 Å². The van der Waals surface area contributed by atoms with Crippen LogP contribution in [-0.2, 0) is 6.42 Å². The molecule has 5 heteroatoms. The number of amides is 1. The summed E-state index contributed by atoms with van der Waals surface area (Å²) in [6.07, 6.45) is 0.674. The summed E-state index contributed by atoms with van der Waals surface area (Å²) in [5.41, 5.74) is 2.52. The van der Waals surface area contributed by atoms with E-state index in [1.54, 1.807) is 18.2 Å². The number of carbonyl (C=O) groups excluding carboxylic acids is 1. The van der Waals surface area contributed by atoms with Crippen molar-refractivity contribution in [1.82, 2.24) is 5.32 Å². The Kier molecular flexibility index (Phi) is 5.53. The average molecular weight is 415 g/mol. The smallest absolute Gasteiger partial charge is 0.251 e. The summed E-state index contributed by atoms with van der Waals surface area (Å²) in [5.74, 6) is -0.365. The highest BCUT2D eigenvalue weighted by atomic mass is 79.9. The van der Waals surface area contributed by atoms with Gasteiger partial charge in [0, 0.05) is 21.1 Å². The third-order valence-corrected chi connectivity index (χ3v) is 4.02. The first-order chi connectivity index (χ1) is 9.95. The van der Waals surface area contributed by atoms with Crippen LogP contribution in [0.3, 0.4) is 0 Å². The van der Waals surface area contributed by atoms with Gasteiger partial charge in [-0.15, -0.1) is 0 Å². The molecule has 0 heterocycles. The molecule has 0 unspecified atom stereocenters.